The van der Waals surface area contributed by atoms with Crippen LogP contribution in [0.1, 0.15) is 13.8 Å². The number of methoxy groups -OCH3 is 1. The molecule has 0 saturated carbocycles. The van der Waals surface area contributed by atoms with Crippen molar-refractivity contribution in [2.75, 3.05) is 13.7 Å². The lowest BCUT2D eigenvalue weighted by molar-refractivity contribution is -0.179. The summed E-state index contributed by atoms with van der Waals surface area (Å²) in [6, 6.07) is 0. The number of carbonyl (C=O) groups is 2. The normalized spacial score (nSPS) is 12.3. The van der Waals surface area contributed by atoms with Crippen LogP contribution in [-0.2, 0) is 23.8 Å². The summed E-state index contributed by atoms with van der Waals surface area (Å²) < 4.78 is 13.9. The van der Waals surface area contributed by atoms with E-state index in [1.54, 1.807) is 13.8 Å². The Morgan fingerprint density at radius 2 is 2.08 bits per heavy atom. The van der Waals surface area contributed by atoms with E-state index in [2.05, 4.69) is 4.74 Å². The Morgan fingerprint density at radius 1 is 1.46 bits per heavy atom. The SMILES string of the molecule is COC(COC(=O)C(C)C)OC=O. The molecular formula is C8H14O5. The summed E-state index contributed by atoms with van der Waals surface area (Å²) in [4.78, 5) is 20.9. The molecule has 0 bridgehead atoms. The average Bonchev–Trinajstić information content (AvgIpc) is 2.11. The van der Waals surface area contributed by atoms with Gasteiger partial charge in [-0.05, 0) is 0 Å². The maximum absolute atomic E-state index is 10.9. The maximum atomic E-state index is 10.9. The summed E-state index contributed by atoms with van der Waals surface area (Å²) in [5, 5.41) is 0. The van der Waals surface area contributed by atoms with Gasteiger partial charge in [0, 0.05) is 7.11 Å². The van der Waals surface area contributed by atoms with E-state index in [9.17, 15) is 9.59 Å². The van der Waals surface area contributed by atoms with Crippen LogP contribution in [0.5, 0.6) is 0 Å². The van der Waals surface area contributed by atoms with Crippen molar-refractivity contribution >= 4 is 12.4 Å². The zero-order valence-electron chi connectivity index (χ0n) is 7.98. The van der Waals surface area contributed by atoms with E-state index in [4.69, 9.17) is 9.47 Å². The molecule has 1 atom stereocenters. The second-order valence-electron chi connectivity index (χ2n) is 2.68. The van der Waals surface area contributed by atoms with Crippen LogP contribution in [0.3, 0.4) is 0 Å². The fraction of sp³-hybridized carbons (Fsp3) is 0.750. The maximum Gasteiger partial charge on any atom is 0.308 e. The van der Waals surface area contributed by atoms with E-state index in [0.717, 1.165) is 0 Å². The molecular weight excluding hydrogens is 176 g/mol. The lowest BCUT2D eigenvalue weighted by atomic mass is 10.2. The van der Waals surface area contributed by atoms with Gasteiger partial charge in [0.15, 0.2) is 6.61 Å². The first-order valence-electron chi connectivity index (χ1n) is 3.90. The van der Waals surface area contributed by atoms with Crippen molar-refractivity contribution in [2.24, 2.45) is 5.92 Å². The third-order valence-electron chi connectivity index (χ3n) is 1.30. The van der Waals surface area contributed by atoms with Gasteiger partial charge in [-0.15, -0.1) is 0 Å². The minimum absolute atomic E-state index is 0.0771. The van der Waals surface area contributed by atoms with Crippen molar-refractivity contribution in [3.63, 3.8) is 0 Å². The smallest absolute Gasteiger partial charge is 0.308 e. The lowest BCUT2D eigenvalue weighted by Crippen LogP contribution is -2.25. The highest BCUT2D eigenvalue weighted by atomic mass is 16.7. The van der Waals surface area contributed by atoms with Gasteiger partial charge in [-0.25, -0.2) is 0 Å². The van der Waals surface area contributed by atoms with Gasteiger partial charge in [0.05, 0.1) is 5.92 Å². The van der Waals surface area contributed by atoms with Crippen molar-refractivity contribution < 1.29 is 23.8 Å². The molecule has 0 spiro atoms. The van der Waals surface area contributed by atoms with Crippen LogP contribution in [0.4, 0.5) is 0 Å². The zero-order chi connectivity index (χ0) is 10.3. The number of esters is 1. The molecule has 0 rings (SSSR count). The van der Waals surface area contributed by atoms with Crippen LogP contribution < -0.4 is 0 Å². The molecule has 0 aliphatic rings. The van der Waals surface area contributed by atoms with Gasteiger partial charge in [0.25, 0.3) is 6.47 Å². The molecule has 5 heteroatoms. The Hall–Kier alpha value is -1.10. The Bertz CT molecular complexity index is 166. The summed E-state index contributed by atoms with van der Waals surface area (Å²) in [6.07, 6.45) is -0.819. The van der Waals surface area contributed by atoms with Crippen molar-refractivity contribution in [3.8, 4) is 0 Å². The highest BCUT2D eigenvalue weighted by molar-refractivity contribution is 5.71. The molecule has 13 heavy (non-hydrogen) atoms. The average molecular weight is 190 g/mol. The van der Waals surface area contributed by atoms with Gasteiger partial charge in [-0.3, -0.25) is 9.59 Å². The van der Waals surface area contributed by atoms with E-state index in [-0.39, 0.29) is 25.0 Å². The highest BCUT2D eigenvalue weighted by Gasteiger charge is 2.13. The summed E-state index contributed by atoms with van der Waals surface area (Å²) >= 11 is 0. The van der Waals surface area contributed by atoms with Gasteiger partial charge in [0.1, 0.15) is 0 Å². The summed E-state index contributed by atoms with van der Waals surface area (Å²) in [6.45, 7) is 3.60. The van der Waals surface area contributed by atoms with E-state index in [1.165, 1.54) is 7.11 Å². The van der Waals surface area contributed by atoms with Gasteiger partial charge in [-0.1, -0.05) is 13.8 Å². The Kier molecular flexibility index (Phi) is 5.88. The van der Waals surface area contributed by atoms with E-state index < -0.39 is 6.29 Å². The van der Waals surface area contributed by atoms with E-state index in [0.29, 0.717) is 0 Å². The van der Waals surface area contributed by atoms with Gasteiger partial charge in [0.2, 0.25) is 6.29 Å². The third kappa shape index (κ3) is 5.19. The first-order valence-corrected chi connectivity index (χ1v) is 3.90. The Morgan fingerprint density at radius 3 is 2.46 bits per heavy atom. The molecule has 0 aromatic heterocycles. The highest BCUT2D eigenvalue weighted by Crippen LogP contribution is 1.98. The van der Waals surface area contributed by atoms with Gasteiger partial charge < -0.3 is 14.2 Å². The zero-order valence-corrected chi connectivity index (χ0v) is 7.98. The Balaban J connectivity index is 3.71. The Labute approximate surface area is 77.0 Å². The predicted molar refractivity (Wildman–Crippen MR) is 43.7 cm³/mol. The van der Waals surface area contributed by atoms with Crippen LogP contribution in [0.15, 0.2) is 0 Å². The second-order valence-corrected chi connectivity index (χ2v) is 2.68. The van der Waals surface area contributed by atoms with Gasteiger partial charge in [-0.2, -0.15) is 0 Å². The molecule has 0 heterocycles. The fourth-order valence-electron chi connectivity index (χ4n) is 0.542. The van der Waals surface area contributed by atoms with Crippen molar-refractivity contribution in [2.45, 2.75) is 20.1 Å². The number of carbonyl (C=O) groups excluding carboxylic acids is 2. The molecule has 5 nitrogen and oxygen atoms in total. The monoisotopic (exact) mass is 190 g/mol. The van der Waals surface area contributed by atoms with Crippen LogP contribution in [0.2, 0.25) is 0 Å². The van der Waals surface area contributed by atoms with Gasteiger partial charge >= 0.3 is 5.97 Å². The molecule has 0 saturated heterocycles. The van der Waals surface area contributed by atoms with Crippen LogP contribution in [0.25, 0.3) is 0 Å². The summed E-state index contributed by atoms with van der Waals surface area (Å²) in [7, 11) is 1.36. The van der Waals surface area contributed by atoms with Crippen LogP contribution in [0, 0.1) is 5.92 Å². The van der Waals surface area contributed by atoms with Crippen molar-refractivity contribution in [1.29, 1.82) is 0 Å². The molecule has 0 amide bonds. The second kappa shape index (κ2) is 6.42. The van der Waals surface area contributed by atoms with E-state index >= 15 is 0 Å². The lowest BCUT2D eigenvalue weighted by Gasteiger charge is -2.13. The molecule has 0 aromatic rings. The first kappa shape index (κ1) is 11.9. The molecule has 1 unspecified atom stereocenters. The molecule has 76 valence electrons. The topological polar surface area (TPSA) is 61.8 Å². The molecule has 0 radical (unpaired) electrons. The quantitative estimate of drug-likeness (QED) is 0.343. The largest absolute Gasteiger partial charge is 0.459 e. The first-order chi connectivity index (χ1) is 6.11. The molecule has 0 N–H and O–H groups in total. The molecule has 0 aliphatic heterocycles. The van der Waals surface area contributed by atoms with Crippen LogP contribution in [-0.4, -0.2) is 32.4 Å². The summed E-state index contributed by atoms with van der Waals surface area (Å²) in [5.41, 5.74) is 0. The van der Waals surface area contributed by atoms with Crippen molar-refractivity contribution in [3.05, 3.63) is 0 Å². The third-order valence-corrected chi connectivity index (χ3v) is 1.30. The predicted octanol–water partition coefficient (Wildman–Crippen LogP) is 0.331. The fourth-order valence-corrected chi connectivity index (χ4v) is 0.542. The molecule has 0 aromatic carbocycles. The standard InChI is InChI=1S/C8H14O5/c1-6(2)8(10)12-4-7(11-3)13-5-9/h5-7H,4H2,1-3H3. The van der Waals surface area contributed by atoms with Crippen molar-refractivity contribution in [1.82, 2.24) is 0 Å². The molecule has 0 fully saturated rings. The minimum atomic E-state index is -0.819. The van der Waals surface area contributed by atoms with E-state index in [1.807, 2.05) is 0 Å². The minimum Gasteiger partial charge on any atom is -0.459 e. The van der Waals surface area contributed by atoms with Crippen LogP contribution >= 0.6 is 0 Å². The number of hydrogen-bond acceptors (Lipinski definition) is 5. The number of ether oxygens (including phenoxy) is 3. The summed E-state index contributed by atoms with van der Waals surface area (Å²) in [5.74, 6) is -0.551. The molecule has 0 aliphatic carbocycles. The number of hydrogen-bond donors (Lipinski definition) is 0. The number of rotatable bonds is 6.